The Kier molecular flexibility index (Phi) is 1.31. The SMILES string of the molecule is C1CC[C@@H]2C[C@H]3O[C@H]3C[C@H]2C1. The molecule has 11 heavy (non-hydrogen) atoms. The zero-order valence-electron chi connectivity index (χ0n) is 6.96. The van der Waals surface area contributed by atoms with E-state index in [9.17, 15) is 0 Å². The van der Waals surface area contributed by atoms with Crippen LogP contribution in [0.3, 0.4) is 0 Å². The van der Waals surface area contributed by atoms with Crippen LogP contribution in [-0.2, 0) is 4.74 Å². The molecule has 1 nitrogen and oxygen atoms in total. The van der Waals surface area contributed by atoms with Crippen LogP contribution in [0.2, 0.25) is 0 Å². The molecule has 2 aliphatic carbocycles. The molecule has 0 unspecified atom stereocenters. The molecule has 0 radical (unpaired) electrons. The van der Waals surface area contributed by atoms with Gasteiger partial charge in [-0.3, -0.25) is 0 Å². The van der Waals surface area contributed by atoms with Gasteiger partial charge in [0.05, 0.1) is 12.2 Å². The van der Waals surface area contributed by atoms with E-state index in [-0.39, 0.29) is 0 Å². The molecule has 0 N–H and O–H groups in total. The largest absolute Gasteiger partial charge is 0.370 e. The van der Waals surface area contributed by atoms with Crippen LogP contribution in [0, 0.1) is 11.8 Å². The zero-order valence-corrected chi connectivity index (χ0v) is 6.96. The lowest BCUT2D eigenvalue weighted by molar-refractivity contribution is 0.190. The van der Waals surface area contributed by atoms with Gasteiger partial charge in [-0.1, -0.05) is 25.7 Å². The first-order chi connectivity index (χ1) is 5.43. The third-order valence-corrected chi connectivity index (χ3v) is 3.82. The van der Waals surface area contributed by atoms with Crippen molar-refractivity contribution in [2.75, 3.05) is 0 Å². The topological polar surface area (TPSA) is 12.5 Å². The van der Waals surface area contributed by atoms with Crippen LogP contribution in [0.5, 0.6) is 0 Å². The molecule has 2 saturated carbocycles. The van der Waals surface area contributed by atoms with Crippen LogP contribution in [0.1, 0.15) is 38.5 Å². The quantitative estimate of drug-likeness (QED) is 0.485. The Labute approximate surface area is 68.1 Å². The predicted octanol–water partition coefficient (Wildman–Crippen LogP) is 2.35. The van der Waals surface area contributed by atoms with Gasteiger partial charge in [0, 0.05) is 0 Å². The van der Waals surface area contributed by atoms with Crippen molar-refractivity contribution in [3.05, 3.63) is 0 Å². The normalized spacial score (nSPS) is 54.5. The fourth-order valence-corrected chi connectivity index (χ4v) is 3.10. The van der Waals surface area contributed by atoms with Crippen LogP contribution < -0.4 is 0 Å². The van der Waals surface area contributed by atoms with Gasteiger partial charge in [0.15, 0.2) is 0 Å². The van der Waals surface area contributed by atoms with Crippen molar-refractivity contribution in [1.29, 1.82) is 0 Å². The van der Waals surface area contributed by atoms with Gasteiger partial charge in [-0.25, -0.2) is 0 Å². The second kappa shape index (κ2) is 2.22. The van der Waals surface area contributed by atoms with E-state index in [0.29, 0.717) is 12.2 Å². The minimum Gasteiger partial charge on any atom is -0.370 e. The highest BCUT2D eigenvalue weighted by atomic mass is 16.6. The van der Waals surface area contributed by atoms with E-state index in [4.69, 9.17) is 4.74 Å². The number of fused-ring (bicyclic) bond motifs is 2. The fourth-order valence-electron chi connectivity index (χ4n) is 3.10. The maximum atomic E-state index is 5.57. The summed E-state index contributed by atoms with van der Waals surface area (Å²) in [6, 6.07) is 0. The number of ether oxygens (including phenoxy) is 1. The van der Waals surface area contributed by atoms with Gasteiger partial charge in [0.2, 0.25) is 0 Å². The molecular weight excluding hydrogens is 136 g/mol. The minimum atomic E-state index is 0.703. The molecule has 1 heteroatoms. The molecule has 0 aromatic carbocycles. The Bertz CT molecular complexity index is 148. The van der Waals surface area contributed by atoms with E-state index in [1.807, 2.05) is 0 Å². The molecule has 0 spiro atoms. The fraction of sp³-hybridized carbons (Fsp3) is 1.00. The van der Waals surface area contributed by atoms with Gasteiger partial charge >= 0.3 is 0 Å². The van der Waals surface area contributed by atoms with Crippen LogP contribution in [-0.4, -0.2) is 12.2 Å². The molecule has 1 aliphatic heterocycles. The molecule has 62 valence electrons. The van der Waals surface area contributed by atoms with Crippen molar-refractivity contribution in [2.45, 2.75) is 50.7 Å². The lowest BCUT2D eigenvalue weighted by Crippen LogP contribution is -2.27. The summed E-state index contributed by atoms with van der Waals surface area (Å²) >= 11 is 0. The smallest absolute Gasteiger partial charge is 0.0844 e. The van der Waals surface area contributed by atoms with Crippen molar-refractivity contribution in [1.82, 2.24) is 0 Å². The number of rotatable bonds is 0. The third-order valence-electron chi connectivity index (χ3n) is 3.82. The third kappa shape index (κ3) is 1.01. The highest BCUT2D eigenvalue weighted by molar-refractivity contribution is 4.96. The predicted molar refractivity (Wildman–Crippen MR) is 43.3 cm³/mol. The van der Waals surface area contributed by atoms with Crippen LogP contribution >= 0.6 is 0 Å². The molecule has 3 aliphatic rings. The van der Waals surface area contributed by atoms with Crippen molar-refractivity contribution in [2.24, 2.45) is 11.8 Å². The molecular formula is C10H16O. The minimum absolute atomic E-state index is 0.703. The molecule has 0 amide bonds. The molecule has 0 aromatic heterocycles. The summed E-state index contributed by atoms with van der Waals surface area (Å²) in [6.07, 6.45) is 10.2. The van der Waals surface area contributed by atoms with E-state index in [2.05, 4.69) is 0 Å². The van der Waals surface area contributed by atoms with Crippen molar-refractivity contribution in [3.63, 3.8) is 0 Å². The first kappa shape index (κ1) is 6.47. The summed E-state index contributed by atoms with van der Waals surface area (Å²) in [6.45, 7) is 0. The van der Waals surface area contributed by atoms with Gasteiger partial charge in [-0.2, -0.15) is 0 Å². The van der Waals surface area contributed by atoms with Crippen molar-refractivity contribution < 1.29 is 4.74 Å². The summed E-state index contributed by atoms with van der Waals surface area (Å²) < 4.78 is 5.57. The summed E-state index contributed by atoms with van der Waals surface area (Å²) in [4.78, 5) is 0. The lowest BCUT2D eigenvalue weighted by atomic mass is 9.71. The monoisotopic (exact) mass is 152 g/mol. The average Bonchev–Trinajstić information content (AvgIpc) is 2.77. The highest BCUT2D eigenvalue weighted by Crippen LogP contribution is 2.48. The highest BCUT2D eigenvalue weighted by Gasteiger charge is 2.48. The van der Waals surface area contributed by atoms with Crippen LogP contribution in [0.4, 0.5) is 0 Å². The van der Waals surface area contributed by atoms with Crippen LogP contribution in [0.25, 0.3) is 0 Å². The van der Waals surface area contributed by atoms with Crippen molar-refractivity contribution in [3.8, 4) is 0 Å². The van der Waals surface area contributed by atoms with E-state index in [0.717, 1.165) is 11.8 Å². The van der Waals surface area contributed by atoms with Crippen LogP contribution in [0.15, 0.2) is 0 Å². The van der Waals surface area contributed by atoms with E-state index < -0.39 is 0 Å². The van der Waals surface area contributed by atoms with Gasteiger partial charge in [-0.05, 0) is 24.7 Å². The molecule has 0 aromatic rings. The Morgan fingerprint density at radius 1 is 0.818 bits per heavy atom. The molecule has 1 saturated heterocycles. The van der Waals surface area contributed by atoms with Gasteiger partial charge < -0.3 is 4.74 Å². The Morgan fingerprint density at radius 2 is 1.36 bits per heavy atom. The molecule has 0 bridgehead atoms. The second-order valence-corrected chi connectivity index (χ2v) is 4.49. The van der Waals surface area contributed by atoms with Crippen molar-refractivity contribution >= 4 is 0 Å². The molecule has 1 heterocycles. The van der Waals surface area contributed by atoms with Gasteiger partial charge in [0.25, 0.3) is 0 Å². The summed E-state index contributed by atoms with van der Waals surface area (Å²) in [5, 5.41) is 0. The molecule has 3 rings (SSSR count). The van der Waals surface area contributed by atoms with Gasteiger partial charge in [-0.15, -0.1) is 0 Å². The number of hydrogen-bond donors (Lipinski definition) is 0. The summed E-state index contributed by atoms with van der Waals surface area (Å²) in [7, 11) is 0. The number of hydrogen-bond acceptors (Lipinski definition) is 1. The second-order valence-electron chi connectivity index (χ2n) is 4.49. The summed E-state index contributed by atoms with van der Waals surface area (Å²) in [5.74, 6) is 2.10. The Balaban J connectivity index is 1.73. The summed E-state index contributed by atoms with van der Waals surface area (Å²) in [5.41, 5.74) is 0. The molecule has 4 atom stereocenters. The average molecular weight is 152 g/mol. The zero-order chi connectivity index (χ0) is 7.26. The number of epoxide rings is 1. The van der Waals surface area contributed by atoms with Gasteiger partial charge in [0.1, 0.15) is 0 Å². The Morgan fingerprint density at radius 3 is 1.91 bits per heavy atom. The maximum absolute atomic E-state index is 5.57. The van der Waals surface area contributed by atoms with E-state index in [1.165, 1.54) is 38.5 Å². The Hall–Kier alpha value is -0.0400. The standard InChI is InChI=1S/C10H16O/c1-2-4-8-6-10-9(11-10)5-7(8)3-1/h7-10H,1-6H2/t7-,8-,9-,10+/m1/s1. The van der Waals surface area contributed by atoms with E-state index >= 15 is 0 Å². The first-order valence-electron chi connectivity index (χ1n) is 5.09. The maximum Gasteiger partial charge on any atom is 0.0844 e. The lowest BCUT2D eigenvalue weighted by Gasteiger charge is -2.33. The first-order valence-corrected chi connectivity index (χ1v) is 5.09. The van der Waals surface area contributed by atoms with E-state index in [1.54, 1.807) is 0 Å². The molecule has 3 fully saturated rings.